The van der Waals surface area contributed by atoms with Crippen LogP contribution in [0.15, 0.2) is 12.2 Å². The zero-order chi connectivity index (χ0) is 49.2. The summed E-state index contributed by atoms with van der Waals surface area (Å²) in [5, 5.41) is 50.3. The van der Waals surface area contributed by atoms with E-state index in [9.17, 15) is 44.6 Å². The topological polar surface area (TPSA) is 210 Å². The lowest BCUT2D eigenvalue weighted by molar-refractivity contribution is -0.220. The summed E-state index contributed by atoms with van der Waals surface area (Å²) < 4.78 is 33.7. The molecule has 0 heterocycles. The first-order valence-corrected chi connectivity index (χ1v) is 29.0. The van der Waals surface area contributed by atoms with Gasteiger partial charge in [-0.1, -0.05) is 219 Å². The van der Waals surface area contributed by atoms with Crippen molar-refractivity contribution in [1.82, 2.24) is 0 Å². The lowest BCUT2D eigenvalue weighted by Gasteiger charge is -2.41. The van der Waals surface area contributed by atoms with Crippen LogP contribution in [-0.2, 0) is 32.7 Å². The van der Waals surface area contributed by atoms with E-state index >= 15 is 0 Å². The average Bonchev–Trinajstić information content (AvgIpc) is 3.31. The molecule has 0 spiro atoms. The predicted molar refractivity (Wildman–Crippen MR) is 267 cm³/mol. The van der Waals surface area contributed by atoms with E-state index < -0.39 is 75.7 Å². The fraction of sp³-hybridized carbons (Fsp3) is 0.925. The minimum Gasteiger partial charge on any atom is -0.462 e. The smallest absolute Gasteiger partial charge is 0.462 e. The van der Waals surface area contributed by atoms with Crippen LogP contribution in [0, 0.1) is 0 Å². The number of carbonyl (C=O) groups excluding carboxylic acids is 2. The molecular weight excluding hydrogens is 876 g/mol. The van der Waals surface area contributed by atoms with Crippen LogP contribution in [-0.4, -0.2) is 98.3 Å². The summed E-state index contributed by atoms with van der Waals surface area (Å²) in [6, 6.07) is 0. The Morgan fingerprint density at radius 3 is 1.13 bits per heavy atom. The van der Waals surface area contributed by atoms with Gasteiger partial charge in [0.15, 0.2) is 6.10 Å². The monoisotopic (exact) mass is 977 g/mol. The van der Waals surface area contributed by atoms with Gasteiger partial charge < -0.3 is 39.9 Å². The molecule has 1 rings (SSSR count). The van der Waals surface area contributed by atoms with Gasteiger partial charge in [-0.3, -0.25) is 18.6 Å². The summed E-state index contributed by atoms with van der Waals surface area (Å²) in [6.07, 6.45) is 35.4. The first kappa shape index (κ1) is 63.6. The number of phosphoric ester groups is 1. The fourth-order valence-electron chi connectivity index (χ4n) is 8.70. The highest BCUT2D eigenvalue weighted by Crippen LogP contribution is 2.47. The van der Waals surface area contributed by atoms with E-state index in [-0.39, 0.29) is 12.8 Å². The Labute approximate surface area is 407 Å². The van der Waals surface area contributed by atoms with Gasteiger partial charge in [-0.25, -0.2) is 4.57 Å². The molecule has 0 aromatic rings. The number of allylic oxidation sites excluding steroid dienone is 2. The van der Waals surface area contributed by atoms with Gasteiger partial charge >= 0.3 is 19.8 Å². The number of esters is 2. The Morgan fingerprint density at radius 2 is 0.761 bits per heavy atom. The Balaban J connectivity index is 2.35. The lowest BCUT2D eigenvalue weighted by Crippen LogP contribution is -2.64. The van der Waals surface area contributed by atoms with E-state index in [1.54, 1.807) is 0 Å². The number of aliphatic hydroxyl groups excluding tert-OH is 5. The Kier molecular flexibility index (Phi) is 41.2. The Bertz CT molecular complexity index is 1220. The van der Waals surface area contributed by atoms with E-state index in [1.165, 1.54) is 167 Å². The van der Waals surface area contributed by atoms with Crippen LogP contribution in [0.3, 0.4) is 0 Å². The lowest BCUT2D eigenvalue weighted by atomic mass is 9.85. The predicted octanol–water partition coefficient (Wildman–Crippen LogP) is 12.2. The number of carbonyl (C=O) groups is 2. The molecule has 1 saturated carbocycles. The van der Waals surface area contributed by atoms with Crippen LogP contribution >= 0.6 is 7.82 Å². The molecule has 0 saturated heterocycles. The fourth-order valence-corrected chi connectivity index (χ4v) is 9.67. The summed E-state index contributed by atoms with van der Waals surface area (Å²) in [6.45, 7) is 3.35. The molecule has 13 nitrogen and oxygen atoms in total. The van der Waals surface area contributed by atoms with Gasteiger partial charge in [-0.2, -0.15) is 0 Å². The second-order valence-corrected chi connectivity index (χ2v) is 20.9. The third-order valence-electron chi connectivity index (χ3n) is 13.1. The van der Waals surface area contributed by atoms with Crippen molar-refractivity contribution in [3.8, 4) is 0 Å². The van der Waals surface area contributed by atoms with E-state index in [0.29, 0.717) is 12.8 Å². The quantitative estimate of drug-likeness (QED) is 0.0145. The molecule has 0 aromatic carbocycles. The van der Waals surface area contributed by atoms with Gasteiger partial charge in [0, 0.05) is 12.8 Å². The zero-order valence-electron chi connectivity index (χ0n) is 42.5. The van der Waals surface area contributed by atoms with Crippen LogP contribution in [0.2, 0.25) is 0 Å². The maximum Gasteiger partial charge on any atom is 0.472 e. The summed E-state index contributed by atoms with van der Waals surface area (Å²) in [5.41, 5.74) is 0. The summed E-state index contributed by atoms with van der Waals surface area (Å²) in [4.78, 5) is 35.9. The molecule has 14 heteroatoms. The summed E-state index contributed by atoms with van der Waals surface area (Å²) in [5.74, 6) is -1.09. The number of unbranched alkanes of at least 4 members (excludes halogenated alkanes) is 33. The van der Waals surface area contributed by atoms with Crippen molar-refractivity contribution in [3.05, 3.63) is 12.2 Å². The van der Waals surface area contributed by atoms with Gasteiger partial charge in [-0.05, 0) is 38.5 Å². The van der Waals surface area contributed by atoms with Crippen LogP contribution in [0.4, 0.5) is 0 Å². The molecule has 67 heavy (non-hydrogen) atoms. The van der Waals surface area contributed by atoms with Gasteiger partial charge in [-0.15, -0.1) is 0 Å². The van der Waals surface area contributed by atoms with E-state index in [1.807, 2.05) is 0 Å². The Morgan fingerprint density at radius 1 is 0.448 bits per heavy atom. The minimum atomic E-state index is -5.12. The van der Waals surface area contributed by atoms with Crippen molar-refractivity contribution < 1.29 is 63.1 Å². The van der Waals surface area contributed by atoms with E-state index in [2.05, 4.69) is 26.0 Å². The second kappa shape index (κ2) is 43.4. The molecule has 6 N–H and O–H groups in total. The van der Waals surface area contributed by atoms with Gasteiger partial charge in [0.25, 0.3) is 0 Å². The van der Waals surface area contributed by atoms with Crippen LogP contribution in [0.5, 0.6) is 0 Å². The standard InChI is InChI=1S/C53H101O13P/c1-3-5-7-9-11-13-15-17-19-21-23-24-26-27-29-31-33-35-37-39-41-46(54)63-43-45(44-64-67(61,62)66-53-51(59)49(57)48(56)50(58)52(53)60)65-47(55)42-40-38-36-34-32-30-28-25-22-20-18-16-14-12-10-8-6-4-2/h20,22,45,48-53,56-60H,3-19,21,23-44H2,1-2H3,(H,61,62)/b22-20-. The van der Waals surface area contributed by atoms with Crippen LogP contribution in [0.1, 0.15) is 258 Å². The molecule has 6 atom stereocenters. The molecular formula is C53H101O13P. The number of hydrogen-bond acceptors (Lipinski definition) is 12. The van der Waals surface area contributed by atoms with E-state index in [4.69, 9.17) is 18.5 Å². The molecule has 0 amide bonds. The molecule has 0 bridgehead atoms. The summed E-state index contributed by atoms with van der Waals surface area (Å²) >= 11 is 0. The molecule has 0 aromatic heterocycles. The highest BCUT2D eigenvalue weighted by Gasteiger charge is 2.51. The molecule has 6 unspecified atom stereocenters. The van der Waals surface area contributed by atoms with Crippen molar-refractivity contribution in [3.63, 3.8) is 0 Å². The van der Waals surface area contributed by atoms with Crippen molar-refractivity contribution in [2.24, 2.45) is 0 Å². The molecule has 0 aliphatic heterocycles. The highest BCUT2D eigenvalue weighted by molar-refractivity contribution is 7.47. The van der Waals surface area contributed by atoms with Crippen molar-refractivity contribution in [2.75, 3.05) is 13.2 Å². The van der Waals surface area contributed by atoms with Crippen LogP contribution in [0.25, 0.3) is 0 Å². The third-order valence-corrected chi connectivity index (χ3v) is 14.1. The normalized spacial score (nSPS) is 21.1. The number of ether oxygens (including phenoxy) is 2. The molecule has 0 radical (unpaired) electrons. The zero-order valence-corrected chi connectivity index (χ0v) is 43.4. The van der Waals surface area contributed by atoms with Crippen molar-refractivity contribution in [1.29, 1.82) is 0 Å². The van der Waals surface area contributed by atoms with Crippen LogP contribution < -0.4 is 0 Å². The molecule has 1 aliphatic carbocycles. The number of hydrogen-bond donors (Lipinski definition) is 6. The maximum atomic E-state index is 12.9. The number of rotatable bonds is 47. The summed E-state index contributed by atoms with van der Waals surface area (Å²) in [7, 11) is -5.12. The second-order valence-electron chi connectivity index (χ2n) is 19.4. The van der Waals surface area contributed by atoms with Gasteiger partial charge in [0.1, 0.15) is 43.2 Å². The first-order chi connectivity index (χ1) is 32.4. The largest absolute Gasteiger partial charge is 0.472 e. The van der Waals surface area contributed by atoms with Crippen molar-refractivity contribution in [2.45, 2.75) is 301 Å². The molecule has 1 fully saturated rings. The average molecular weight is 977 g/mol. The number of phosphoric acid groups is 1. The molecule has 396 valence electrons. The molecule has 1 aliphatic rings. The SMILES string of the molecule is CCCCCCCCC/C=C\CCCCCCCCCC(=O)OC(COC(=O)CCCCCCCCCCCCCCCCCCCCCC)COP(=O)(O)OC1C(O)C(O)C(O)C(O)C1O. The van der Waals surface area contributed by atoms with Crippen molar-refractivity contribution >= 4 is 19.8 Å². The first-order valence-electron chi connectivity index (χ1n) is 27.5. The minimum absolute atomic E-state index is 0.0965. The van der Waals surface area contributed by atoms with E-state index in [0.717, 1.165) is 51.4 Å². The number of aliphatic hydroxyl groups is 5. The third kappa shape index (κ3) is 35.4. The highest BCUT2D eigenvalue weighted by atomic mass is 31.2. The van der Waals surface area contributed by atoms with Gasteiger partial charge in [0.05, 0.1) is 6.61 Å². The maximum absolute atomic E-state index is 12.9. The van der Waals surface area contributed by atoms with Gasteiger partial charge in [0.2, 0.25) is 0 Å². The Hall–Kier alpha value is -1.41.